The number of aliphatic carboxylic acids is 1. The van der Waals surface area contributed by atoms with Crippen LogP contribution < -0.4 is 14.8 Å². The lowest BCUT2D eigenvalue weighted by molar-refractivity contribution is -0.135. The number of carboxylic acids is 1. The highest BCUT2D eigenvalue weighted by Gasteiger charge is 2.20. The van der Waals surface area contributed by atoms with Gasteiger partial charge in [0.15, 0.2) is 11.4 Å². The van der Waals surface area contributed by atoms with E-state index in [2.05, 4.69) is 10.3 Å². The van der Waals surface area contributed by atoms with Crippen LogP contribution in [0, 0.1) is 6.92 Å². The predicted octanol–water partition coefficient (Wildman–Crippen LogP) is 3.55. The van der Waals surface area contributed by atoms with Gasteiger partial charge in [0.1, 0.15) is 18.0 Å². The molecule has 3 aromatic rings. The van der Waals surface area contributed by atoms with E-state index in [0.29, 0.717) is 34.9 Å². The number of para-hydroxylation sites is 1. The molecule has 2 N–H and O–H groups in total. The Labute approximate surface area is 161 Å². The van der Waals surface area contributed by atoms with Crippen LogP contribution in [-0.4, -0.2) is 35.1 Å². The highest BCUT2D eigenvalue weighted by Crippen LogP contribution is 2.34. The minimum Gasteiger partial charge on any atom is -0.491 e. The predicted molar refractivity (Wildman–Crippen MR) is 104 cm³/mol. The van der Waals surface area contributed by atoms with Crippen molar-refractivity contribution in [2.75, 3.05) is 13.2 Å². The summed E-state index contributed by atoms with van der Waals surface area (Å²) in [5.74, 6) is -0.0690. The SMILES string of the molecule is CCOc1c(C(=O)NCC(=O)O)nc(C)c2cc(Oc3ccccc3)ccc12. The molecule has 0 bridgehead atoms. The van der Waals surface area contributed by atoms with E-state index < -0.39 is 18.4 Å². The second kappa shape index (κ2) is 8.39. The standard InChI is InChI=1S/C21H20N2O5/c1-3-27-20-16-10-9-15(28-14-7-5-4-6-8-14)11-17(16)13(2)23-19(20)21(26)22-12-18(24)25/h4-11H,3,12H2,1-2H3,(H,22,26)(H,24,25). The zero-order chi connectivity index (χ0) is 20.1. The first-order chi connectivity index (χ1) is 13.5. The minimum absolute atomic E-state index is 0.0600. The van der Waals surface area contributed by atoms with Gasteiger partial charge in [-0.3, -0.25) is 9.59 Å². The number of ether oxygens (including phenoxy) is 2. The van der Waals surface area contributed by atoms with E-state index in [-0.39, 0.29) is 5.69 Å². The maximum absolute atomic E-state index is 12.4. The van der Waals surface area contributed by atoms with Crippen LogP contribution in [0.25, 0.3) is 10.8 Å². The lowest BCUT2D eigenvalue weighted by Crippen LogP contribution is -2.30. The van der Waals surface area contributed by atoms with Crippen molar-refractivity contribution in [1.29, 1.82) is 0 Å². The van der Waals surface area contributed by atoms with Crippen LogP contribution in [0.15, 0.2) is 48.5 Å². The summed E-state index contributed by atoms with van der Waals surface area (Å²) in [6.45, 7) is 3.42. The highest BCUT2D eigenvalue weighted by molar-refractivity contribution is 6.03. The van der Waals surface area contributed by atoms with Crippen LogP contribution in [0.4, 0.5) is 0 Å². The highest BCUT2D eigenvalue weighted by atomic mass is 16.5. The Balaban J connectivity index is 2.03. The van der Waals surface area contributed by atoms with Crippen LogP contribution in [-0.2, 0) is 4.79 Å². The summed E-state index contributed by atoms with van der Waals surface area (Å²) in [5, 5.41) is 12.6. The maximum Gasteiger partial charge on any atom is 0.322 e. The number of nitrogens with one attached hydrogen (secondary N) is 1. The summed E-state index contributed by atoms with van der Waals surface area (Å²) in [6.07, 6.45) is 0. The summed E-state index contributed by atoms with van der Waals surface area (Å²) >= 11 is 0. The zero-order valence-corrected chi connectivity index (χ0v) is 15.6. The van der Waals surface area contributed by atoms with Gasteiger partial charge in [-0.25, -0.2) is 4.98 Å². The number of aromatic nitrogens is 1. The van der Waals surface area contributed by atoms with Gasteiger partial charge in [-0.2, -0.15) is 0 Å². The second-order valence-corrected chi connectivity index (χ2v) is 6.01. The molecule has 0 spiro atoms. The quantitative estimate of drug-likeness (QED) is 0.651. The van der Waals surface area contributed by atoms with Crippen molar-refractivity contribution in [1.82, 2.24) is 10.3 Å². The number of hydrogen-bond acceptors (Lipinski definition) is 5. The number of pyridine rings is 1. The van der Waals surface area contributed by atoms with E-state index in [4.69, 9.17) is 14.6 Å². The first kappa shape index (κ1) is 19.2. The molecule has 0 unspecified atom stereocenters. The van der Waals surface area contributed by atoms with Crippen molar-refractivity contribution in [2.45, 2.75) is 13.8 Å². The summed E-state index contributed by atoms with van der Waals surface area (Å²) in [5.41, 5.74) is 0.669. The number of carbonyl (C=O) groups is 2. The molecule has 0 saturated carbocycles. The van der Waals surface area contributed by atoms with Crippen LogP contribution in [0.2, 0.25) is 0 Å². The number of carboxylic acid groups (broad SMARTS) is 1. The molecular weight excluding hydrogens is 360 g/mol. The van der Waals surface area contributed by atoms with Crippen molar-refractivity contribution in [3.05, 3.63) is 59.9 Å². The van der Waals surface area contributed by atoms with E-state index in [1.807, 2.05) is 36.4 Å². The molecule has 0 atom stereocenters. The van der Waals surface area contributed by atoms with Crippen LogP contribution in [0.3, 0.4) is 0 Å². The van der Waals surface area contributed by atoms with E-state index in [9.17, 15) is 9.59 Å². The Hall–Kier alpha value is -3.61. The van der Waals surface area contributed by atoms with Gasteiger partial charge >= 0.3 is 5.97 Å². The fourth-order valence-corrected chi connectivity index (χ4v) is 2.80. The molecule has 0 aliphatic rings. The lowest BCUT2D eigenvalue weighted by Gasteiger charge is -2.15. The number of amides is 1. The van der Waals surface area contributed by atoms with E-state index >= 15 is 0 Å². The second-order valence-electron chi connectivity index (χ2n) is 6.01. The van der Waals surface area contributed by atoms with E-state index in [1.165, 1.54) is 0 Å². The van der Waals surface area contributed by atoms with E-state index in [1.54, 1.807) is 26.0 Å². The monoisotopic (exact) mass is 380 g/mol. The fourth-order valence-electron chi connectivity index (χ4n) is 2.80. The Bertz CT molecular complexity index is 1020. The van der Waals surface area contributed by atoms with Crippen LogP contribution in [0.5, 0.6) is 17.2 Å². The maximum atomic E-state index is 12.4. The normalized spacial score (nSPS) is 10.5. The number of fused-ring (bicyclic) bond motifs is 1. The van der Waals surface area contributed by atoms with Gasteiger partial charge in [-0.15, -0.1) is 0 Å². The molecule has 0 saturated heterocycles. The molecule has 0 radical (unpaired) electrons. The minimum atomic E-state index is -1.13. The number of rotatable bonds is 7. The first-order valence-corrected chi connectivity index (χ1v) is 8.79. The molecule has 1 heterocycles. The van der Waals surface area contributed by atoms with Crippen molar-refractivity contribution < 1.29 is 24.2 Å². The molecule has 0 aliphatic carbocycles. The molecule has 3 rings (SSSR count). The van der Waals surface area contributed by atoms with Gasteiger partial charge in [0, 0.05) is 16.5 Å². The topological polar surface area (TPSA) is 97.8 Å². The molecule has 0 aliphatic heterocycles. The molecule has 0 fully saturated rings. The number of aryl methyl sites for hydroxylation is 1. The van der Waals surface area contributed by atoms with Gasteiger partial charge in [0.25, 0.3) is 5.91 Å². The average Bonchev–Trinajstić information content (AvgIpc) is 2.69. The van der Waals surface area contributed by atoms with Crippen LogP contribution in [0.1, 0.15) is 23.1 Å². The average molecular weight is 380 g/mol. The largest absolute Gasteiger partial charge is 0.491 e. The summed E-state index contributed by atoms with van der Waals surface area (Å²) in [6, 6.07) is 14.8. The van der Waals surface area contributed by atoms with Gasteiger partial charge in [-0.1, -0.05) is 18.2 Å². The third kappa shape index (κ3) is 4.20. The molecule has 28 heavy (non-hydrogen) atoms. The molecular formula is C21H20N2O5. The molecule has 7 nitrogen and oxygen atoms in total. The summed E-state index contributed by atoms with van der Waals surface area (Å²) in [4.78, 5) is 27.5. The zero-order valence-electron chi connectivity index (χ0n) is 15.6. The summed E-state index contributed by atoms with van der Waals surface area (Å²) < 4.78 is 11.6. The van der Waals surface area contributed by atoms with Crippen molar-refractivity contribution in [2.24, 2.45) is 0 Å². The molecule has 1 amide bonds. The third-order valence-electron chi connectivity index (χ3n) is 4.00. The molecule has 2 aromatic carbocycles. The lowest BCUT2D eigenvalue weighted by atomic mass is 10.1. The number of hydrogen-bond donors (Lipinski definition) is 2. The van der Waals surface area contributed by atoms with Crippen molar-refractivity contribution >= 4 is 22.6 Å². The third-order valence-corrected chi connectivity index (χ3v) is 4.00. The van der Waals surface area contributed by atoms with Gasteiger partial charge in [0.2, 0.25) is 0 Å². The Kier molecular flexibility index (Phi) is 5.74. The van der Waals surface area contributed by atoms with Gasteiger partial charge in [0.05, 0.1) is 6.61 Å². The molecule has 7 heteroatoms. The van der Waals surface area contributed by atoms with Crippen molar-refractivity contribution in [3.8, 4) is 17.2 Å². The van der Waals surface area contributed by atoms with Crippen molar-refractivity contribution in [3.63, 3.8) is 0 Å². The Morgan fingerprint density at radius 3 is 2.50 bits per heavy atom. The smallest absolute Gasteiger partial charge is 0.322 e. The molecule has 1 aromatic heterocycles. The summed E-state index contributed by atoms with van der Waals surface area (Å²) in [7, 11) is 0. The first-order valence-electron chi connectivity index (χ1n) is 8.79. The van der Waals surface area contributed by atoms with E-state index in [0.717, 1.165) is 5.39 Å². The van der Waals surface area contributed by atoms with Gasteiger partial charge < -0.3 is 19.9 Å². The Morgan fingerprint density at radius 2 is 1.82 bits per heavy atom. The fraction of sp³-hybridized carbons (Fsp3) is 0.190. The number of benzene rings is 2. The van der Waals surface area contributed by atoms with Crippen LogP contribution >= 0.6 is 0 Å². The molecule has 144 valence electrons. The Morgan fingerprint density at radius 1 is 1.07 bits per heavy atom. The number of carbonyl (C=O) groups excluding carboxylic acids is 1. The number of nitrogens with zero attached hydrogens (tertiary/aromatic N) is 1. The van der Waals surface area contributed by atoms with Gasteiger partial charge in [-0.05, 0) is 44.2 Å².